The molecule has 0 unspecified atom stereocenters. The number of carbonyl (C=O) groups is 2. The van der Waals surface area contributed by atoms with Gasteiger partial charge in [-0.2, -0.15) is 0 Å². The van der Waals surface area contributed by atoms with Crippen molar-refractivity contribution >= 4 is 32.7 Å². The molecule has 0 spiro atoms. The topological polar surface area (TPSA) is 139 Å². The smallest absolute Gasteiger partial charge is 0.254 e. The van der Waals surface area contributed by atoms with Crippen LogP contribution in [0.4, 0.5) is 0 Å². The van der Waals surface area contributed by atoms with E-state index in [9.17, 15) is 13.2 Å². The first-order chi connectivity index (χ1) is 27.9. The number of sulfonamides is 1. The molecule has 4 bridgehead atoms. The van der Waals surface area contributed by atoms with Crippen LogP contribution < -0.4 is 24.8 Å². The lowest BCUT2D eigenvalue weighted by Crippen LogP contribution is -2.60. The number of nitrogens with one attached hydrogen (secondary N) is 3. The largest absolute Gasteiger partial charge is 0.496 e. The molecule has 2 aromatic carbocycles. The third kappa shape index (κ3) is 8.66. The van der Waals surface area contributed by atoms with Crippen LogP contribution in [0.5, 0.6) is 11.5 Å². The average molecular weight is 812 g/mol. The lowest BCUT2D eigenvalue weighted by Gasteiger charge is -2.36. The molecule has 3 aliphatic carbocycles. The zero-order valence-electron chi connectivity index (χ0n) is 34.4. The number of hydrogen-bond acceptors (Lipinski definition) is 9. The number of pyridine rings is 1. The summed E-state index contributed by atoms with van der Waals surface area (Å²) in [6, 6.07) is 15.8. The summed E-state index contributed by atoms with van der Waals surface area (Å²) in [5.74, 6) is 0.822. The Morgan fingerprint density at radius 1 is 1.03 bits per heavy atom. The van der Waals surface area contributed by atoms with Gasteiger partial charge in [0.15, 0.2) is 0 Å². The van der Waals surface area contributed by atoms with Crippen LogP contribution in [-0.2, 0) is 26.0 Å². The van der Waals surface area contributed by atoms with Crippen molar-refractivity contribution in [3.05, 3.63) is 66.7 Å². The van der Waals surface area contributed by atoms with Gasteiger partial charge < -0.3 is 19.7 Å². The predicted molar refractivity (Wildman–Crippen MR) is 227 cm³/mol. The maximum Gasteiger partial charge on any atom is 0.254 e. The minimum Gasteiger partial charge on any atom is -0.496 e. The van der Waals surface area contributed by atoms with Crippen molar-refractivity contribution < 1.29 is 27.5 Å². The van der Waals surface area contributed by atoms with E-state index < -0.39 is 39.0 Å². The molecule has 12 heteroatoms. The van der Waals surface area contributed by atoms with Gasteiger partial charge in [-0.3, -0.25) is 19.6 Å². The first-order valence-corrected chi connectivity index (χ1v) is 23.2. The second-order valence-electron chi connectivity index (χ2n) is 18.3. The SMILES string of the molecule is C=C[C@@H]1C[C@]1(N[C@@H]1C[C@H]2CN1C(=O)[C@H](C1CCCCC1)NCCCC(C)(C)CCCc1cc3c(cc(-c4ccccc4)nc3cc1OC)O2)C(=O)NS(=O)(=O)C1CC1. The fourth-order valence-corrected chi connectivity index (χ4v) is 11.2. The monoisotopic (exact) mass is 811 g/mol. The fraction of sp³-hybridized carbons (Fsp3) is 0.587. The molecule has 8 rings (SSSR count). The van der Waals surface area contributed by atoms with Crippen LogP contribution in [0.15, 0.2) is 61.2 Å². The molecule has 5 atom stereocenters. The number of aryl methyl sites for hydroxylation is 1. The minimum absolute atomic E-state index is 0.00410. The van der Waals surface area contributed by atoms with Crippen molar-refractivity contribution in [2.24, 2.45) is 17.3 Å². The van der Waals surface area contributed by atoms with Crippen LogP contribution in [-0.4, -0.2) is 79.4 Å². The zero-order chi connectivity index (χ0) is 40.7. The molecule has 58 heavy (non-hydrogen) atoms. The van der Waals surface area contributed by atoms with Crippen LogP contribution in [0.25, 0.3) is 22.2 Å². The first kappa shape index (κ1) is 40.8. The maximum absolute atomic E-state index is 15.2. The number of amides is 2. The van der Waals surface area contributed by atoms with E-state index >= 15 is 4.79 Å². The molecule has 1 aromatic heterocycles. The number of benzene rings is 2. The van der Waals surface area contributed by atoms with E-state index in [0.29, 0.717) is 38.0 Å². The standard InChI is InChI=1S/C46H61N5O6S/c1-5-33-28-46(33,44(53)50-58(54,55)35-19-20-35)49-41-25-34-29-51(41)43(52)42(31-16-10-7-11-17-31)47-23-13-22-45(2,3)21-12-18-32-24-36-38(27-39(32)56-4)48-37(26-40(36)57-34)30-14-8-6-9-15-30/h5-6,8-9,14-15,24,26-27,31,33-35,41-42,47,49H,1,7,10-13,16-23,25,28-29H2,2-4H3,(H,50,53)/t33-,34+,41+,42+,46-/m1/s1. The minimum atomic E-state index is -3.79. The fourth-order valence-electron chi connectivity index (χ4n) is 9.80. The van der Waals surface area contributed by atoms with Crippen molar-refractivity contribution in [2.75, 3.05) is 20.2 Å². The molecular weight excluding hydrogens is 751 g/mol. The number of hydrogen-bond donors (Lipinski definition) is 3. The molecule has 1 saturated heterocycles. The Balaban J connectivity index is 1.19. The first-order valence-electron chi connectivity index (χ1n) is 21.6. The van der Waals surface area contributed by atoms with Crippen molar-refractivity contribution in [1.29, 1.82) is 0 Å². The van der Waals surface area contributed by atoms with Crippen LogP contribution >= 0.6 is 0 Å². The molecule has 2 aliphatic heterocycles. The molecule has 0 radical (unpaired) electrons. The lowest BCUT2D eigenvalue weighted by atomic mass is 9.81. The van der Waals surface area contributed by atoms with Gasteiger partial charge in [-0.05, 0) is 93.7 Å². The average Bonchev–Trinajstić information content (AvgIpc) is 4.15. The molecule has 312 valence electrons. The van der Waals surface area contributed by atoms with Gasteiger partial charge in [0.05, 0.1) is 42.3 Å². The van der Waals surface area contributed by atoms with Crippen LogP contribution in [0.1, 0.15) is 103 Å². The Bertz CT molecular complexity index is 2120. The zero-order valence-corrected chi connectivity index (χ0v) is 35.2. The van der Waals surface area contributed by atoms with Crippen LogP contribution in [0.2, 0.25) is 0 Å². The molecule has 4 fully saturated rings. The van der Waals surface area contributed by atoms with Gasteiger partial charge >= 0.3 is 0 Å². The Labute approximate surface area is 344 Å². The molecule has 3 heterocycles. The van der Waals surface area contributed by atoms with Gasteiger partial charge in [0.2, 0.25) is 15.9 Å². The molecular formula is C46H61N5O6S. The summed E-state index contributed by atoms with van der Waals surface area (Å²) in [6.45, 7) is 9.70. The van der Waals surface area contributed by atoms with E-state index in [-0.39, 0.29) is 29.2 Å². The van der Waals surface area contributed by atoms with Gasteiger partial charge in [0.1, 0.15) is 23.1 Å². The van der Waals surface area contributed by atoms with Crippen LogP contribution in [0, 0.1) is 17.3 Å². The van der Waals surface area contributed by atoms with Crippen LogP contribution in [0.3, 0.4) is 0 Å². The van der Waals surface area contributed by atoms with E-state index in [4.69, 9.17) is 14.5 Å². The number of rotatable bonds is 9. The summed E-state index contributed by atoms with van der Waals surface area (Å²) in [7, 11) is -2.08. The number of fused-ring (bicyclic) bond motifs is 3. The van der Waals surface area contributed by atoms with E-state index in [1.54, 1.807) is 13.2 Å². The third-order valence-corrected chi connectivity index (χ3v) is 15.3. The highest BCUT2D eigenvalue weighted by molar-refractivity contribution is 7.91. The van der Waals surface area contributed by atoms with Crippen molar-refractivity contribution in [1.82, 2.24) is 25.2 Å². The van der Waals surface area contributed by atoms with Gasteiger partial charge in [0.25, 0.3) is 5.91 Å². The molecule has 2 amide bonds. The van der Waals surface area contributed by atoms with E-state index in [0.717, 1.165) is 97.8 Å². The van der Waals surface area contributed by atoms with E-state index in [1.165, 1.54) is 6.42 Å². The van der Waals surface area contributed by atoms with Gasteiger partial charge in [-0.25, -0.2) is 13.4 Å². The quantitative estimate of drug-likeness (QED) is 0.194. The second kappa shape index (κ2) is 16.6. The second-order valence-corrected chi connectivity index (χ2v) is 20.3. The van der Waals surface area contributed by atoms with Crippen molar-refractivity contribution in [3.8, 4) is 22.8 Å². The summed E-state index contributed by atoms with van der Waals surface area (Å²) in [6.07, 6.45) is 12.9. The van der Waals surface area contributed by atoms with Gasteiger partial charge in [-0.1, -0.05) is 69.5 Å². The summed E-state index contributed by atoms with van der Waals surface area (Å²) < 4.78 is 41.5. The molecule has 3 saturated carbocycles. The molecule has 3 aromatic rings. The Morgan fingerprint density at radius 3 is 2.50 bits per heavy atom. The summed E-state index contributed by atoms with van der Waals surface area (Å²) in [5, 5.41) is 7.68. The van der Waals surface area contributed by atoms with Crippen molar-refractivity contribution in [3.63, 3.8) is 0 Å². The molecule has 11 nitrogen and oxygen atoms in total. The number of aromatic nitrogens is 1. The highest BCUT2D eigenvalue weighted by Crippen LogP contribution is 2.47. The van der Waals surface area contributed by atoms with E-state index in [1.807, 2.05) is 47.4 Å². The number of ether oxygens (including phenoxy) is 2. The number of carbonyl (C=O) groups excluding carboxylic acids is 2. The summed E-state index contributed by atoms with van der Waals surface area (Å²) >= 11 is 0. The molecule has 3 N–H and O–H groups in total. The Kier molecular flexibility index (Phi) is 11.6. The maximum atomic E-state index is 15.2. The number of nitrogens with zero attached hydrogens (tertiary/aromatic N) is 2. The third-order valence-electron chi connectivity index (χ3n) is 13.5. The highest BCUT2D eigenvalue weighted by Gasteiger charge is 2.62. The Morgan fingerprint density at radius 2 is 1.79 bits per heavy atom. The predicted octanol–water partition coefficient (Wildman–Crippen LogP) is 7.04. The Hall–Kier alpha value is -4.00. The number of methoxy groups -OCH3 is 1. The summed E-state index contributed by atoms with van der Waals surface area (Å²) in [4.78, 5) is 36.1. The highest BCUT2D eigenvalue weighted by atomic mass is 32.2. The van der Waals surface area contributed by atoms with Gasteiger partial charge in [-0.15, -0.1) is 6.58 Å². The normalized spacial score (nSPS) is 28.3. The molecule has 5 aliphatic rings. The van der Waals surface area contributed by atoms with E-state index in [2.05, 4.69) is 41.8 Å². The van der Waals surface area contributed by atoms with Gasteiger partial charge in [0, 0.05) is 35.4 Å². The van der Waals surface area contributed by atoms with Crippen molar-refractivity contribution in [2.45, 2.75) is 133 Å². The summed E-state index contributed by atoms with van der Waals surface area (Å²) in [5.41, 5.74) is 2.50. The lowest BCUT2D eigenvalue weighted by molar-refractivity contribution is -0.138.